The molecule has 2 aromatic carbocycles. The van der Waals surface area contributed by atoms with Crippen molar-refractivity contribution in [3.05, 3.63) is 71.0 Å². The summed E-state index contributed by atoms with van der Waals surface area (Å²) in [6.07, 6.45) is 3.91. The quantitative estimate of drug-likeness (QED) is 0.759. The average molecular weight is 351 g/mol. The van der Waals surface area contributed by atoms with E-state index >= 15 is 0 Å². The Morgan fingerprint density at radius 2 is 1.42 bits per heavy atom. The number of carbonyl (C=O) groups is 2. The van der Waals surface area contributed by atoms with Crippen LogP contribution in [0.1, 0.15) is 64.8 Å². The maximum absolute atomic E-state index is 13.2. The lowest BCUT2D eigenvalue weighted by atomic mass is 9.84. The van der Waals surface area contributed by atoms with Gasteiger partial charge in [-0.1, -0.05) is 24.3 Å². The number of piperidine rings is 1. The van der Waals surface area contributed by atoms with Gasteiger partial charge in [0.25, 0.3) is 5.91 Å². The van der Waals surface area contributed by atoms with Gasteiger partial charge < -0.3 is 4.90 Å². The van der Waals surface area contributed by atoms with Crippen LogP contribution in [-0.2, 0) is 0 Å². The molecule has 0 N–H and O–H groups in total. The maximum atomic E-state index is 13.2. The van der Waals surface area contributed by atoms with E-state index in [1.807, 2.05) is 17.0 Å². The maximum Gasteiger partial charge on any atom is 0.254 e. The van der Waals surface area contributed by atoms with Crippen molar-refractivity contribution >= 4 is 11.7 Å². The average Bonchev–Trinajstić information content (AvgIpc) is 2.91. The predicted octanol–water partition coefficient (Wildman–Crippen LogP) is 4.58. The van der Waals surface area contributed by atoms with Gasteiger partial charge in [0.1, 0.15) is 5.82 Å². The van der Waals surface area contributed by atoms with Gasteiger partial charge in [0.2, 0.25) is 0 Å². The summed E-state index contributed by atoms with van der Waals surface area (Å²) < 4.78 is 13.2. The number of hydrogen-bond acceptors (Lipinski definition) is 2. The van der Waals surface area contributed by atoms with Crippen LogP contribution < -0.4 is 0 Å². The summed E-state index contributed by atoms with van der Waals surface area (Å²) in [7, 11) is 0. The van der Waals surface area contributed by atoms with Crippen molar-refractivity contribution < 1.29 is 14.0 Å². The Kier molecular flexibility index (Phi) is 4.35. The van der Waals surface area contributed by atoms with Gasteiger partial charge in [-0.2, -0.15) is 0 Å². The van der Waals surface area contributed by atoms with E-state index in [9.17, 15) is 14.0 Å². The molecule has 2 bridgehead atoms. The van der Waals surface area contributed by atoms with Crippen LogP contribution in [0.15, 0.2) is 48.5 Å². The minimum absolute atomic E-state index is 0.00387. The van der Waals surface area contributed by atoms with Gasteiger partial charge in [-0.05, 0) is 68.4 Å². The Morgan fingerprint density at radius 3 is 1.96 bits per heavy atom. The van der Waals surface area contributed by atoms with Crippen LogP contribution in [0.2, 0.25) is 0 Å². The van der Waals surface area contributed by atoms with Crippen molar-refractivity contribution in [2.24, 2.45) is 0 Å². The van der Waals surface area contributed by atoms with E-state index in [1.54, 1.807) is 24.3 Å². The highest BCUT2D eigenvalue weighted by atomic mass is 19.1. The summed E-state index contributed by atoms with van der Waals surface area (Å²) in [6, 6.07) is 14.2. The third kappa shape index (κ3) is 3.05. The number of benzene rings is 2. The lowest BCUT2D eigenvalue weighted by Gasteiger charge is -2.39. The van der Waals surface area contributed by atoms with E-state index in [0.717, 1.165) is 25.7 Å². The highest BCUT2D eigenvalue weighted by molar-refractivity contribution is 5.98. The summed E-state index contributed by atoms with van der Waals surface area (Å²) in [5, 5.41) is 0. The van der Waals surface area contributed by atoms with Crippen molar-refractivity contribution in [2.75, 3.05) is 0 Å². The van der Waals surface area contributed by atoms with Crippen LogP contribution >= 0.6 is 0 Å². The van der Waals surface area contributed by atoms with Gasteiger partial charge in [0, 0.05) is 23.2 Å². The molecule has 2 atom stereocenters. The van der Waals surface area contributed by atoms with Crippen LogP contribution in [0.4, 0.5) is 4.39 Å². The van der Waals surface area contributed by atoms with Gasteiger partial charge in [-0.25, -0.2) is 4.39 Å². The Balaban J connectivity index is 1.51. The molecular formula is C22H22FNO2. The SMILES string of the molecule is CC(=O)c1ccc(C(=O)N2C3CCC2CC(c2ccc(F)cc2)C3)cc1. The van der Waals surface area contributed by atoms with E-state index in [-0.39, 0.29) is 29.6 Å². The van der Waals surface area contributed by atoms with Crippen LogP contribution in [-0.4, -0.2) is 28.7 Å². The molecule has 0 aromatic heterocycles. The first-order chi connectivity index (χ1) is 12.5. The smallest absolute Gasteiger partial charge is 0.254 e. The third-order valence-electron chi connectivity index (χ3n) is 5.85. The van der Waals surface area contributed by atoms with E-state index in [4.69, 9.17) is 0 Å². The number of carbonyl (C=O) groups excluding carboxylic acids is 2. The molecule has 4 rings (SSSR count). The molecule has 2 saturated heterocycles. The molecule has 2 heterocycles. The fourth-order valence-electron chi connectivity index (χ4n) is 4.51. The number of amides is 1. The standard InChI is InChI=1S/C22H22FNO2/c1-14(25)15-2-4-17(5-3-15)22(26)24-20-10-11-21(24)13-18(12-20)16-6-8-19(23)9-7-16/h2-9,18,20-21H,10-13H2,1H3. The van der Waals surface area contributed by atoms with Gasteiger partial charge in [-0.3, -0.25) is 9.59 Å². The molecular weight excluding hydrogens is 329 g/mol. The zero-order chi connectivity index (χ0) is 18.3. The second kappa shape index (κ2) is 6.67. The topological polar surface area (TPSA) is 37.4 Å². The predicted molar refractivity (Wildman–Crippen MR) is 97.8 cm³/mol. The largest absolute Gasteiger partial charge is 0.333 e. The Hall–Kier alpha value is -2.49. The monoisotopic (exact) mass is 351 g/mol. The van der Waals surface area contributed by atoms with Crippen molar-refractivity contribution in [1.29, 1.82) is 0 Å². The van der Waals surface area contributed by atoms with Gasteiger partial charge >= 0.3 is 0 Å². The van der Waals surface area contributed by atoms with Crippen LogP contribution in [0.5, 0.6) is 0 Å². The number of ketones is 1. The summed E-state index contributed by atoms with van der Waals surface area (Å²) in [6.45, 7) is 1.53. The zero-order valence-corrected chi connectivity index (χ0v) is 14.8. The molecule has 0 saturated carbocycles. The Labute approximate surface area is 152 Å². The minimum atomic E-state index is -0.210. The molecule has 0 aliphatic carbocycles. The molecule has 26 heavy (non-hydrogen) atoms. The fraction of sp³-hybridized carbons (Fsp3) is 0.364. The lowest BCUT2D eigenvalue weighted by molar-refractivity contribution is 0.0571. The first kappa shape index (κ1) is 17.0. The summed E-state index contributed by atoms with van der Waals surface area (Å²) in [5.41, 5.74) is 2.44. The number of halogens is 1. The molecule has 0 spiro atoms. The van der Waals surface area contributed by atoms with Crippen LogP contribution in [0, 0.1) is 5.82 Å². The van der Waals surface area contributed by atoms with Gasteiger partial charge in [0.15, 0.2) is 5.78 Å². The first-order valence-corrected chi connectivity index (χ1v) is 9.22. The minimum Gasteiger partial charge on any atom is -0.333 e. The number of rotatable bonds is 3. The Morgan fingerprint density at radius 1 is 0.885 bits per heavy atom. The number of hydrogen-bond donors (Lipinski definition) is 0. The number of nitrogens with zero attached hydrogens (tertiary/aromatic N) is 1. The second-order valence-electron chi connectivity index (χ2n) is 7.45. The third-order valence-corrected chi connectivity index (χ3v) is 5.85. The van der Waals surface area contributed by atoms with Crippen molar-refractivity contribution in [2.45, 2.75) is 50.6 Å². The molecule has 2 aliphatic rings. The summed E-state index contributed by atoms with van der Waals surface area (Å²) in [4.78, 5) is 26.5. The molecule has 134 valence electrons. The zero-order valence-electron chi connectivity index (χ0n) is 14.8. The second-order valence-corrected chi connectivity index (χ2v) is 7.45. The first-order valence-electron chi connectivity index (χ1n) is 9.22. The summed E-state index contributed by atoms with van der Waals surface area (Å²) >= 11 is 0. The number of Topliss-reactive ketones (excluding diaryl/α,β-unsaturated/α-hetero) is 1. The molecule has 3 nitrogen and oxygen atoms in total. The van der Waals surface area contributed by atoms with Gasteiger partial charge in [-0.15, -0.1) is 0 Å². The number of fused-ring (bicyclic) bond motifs is 2. The summed E-state index contributed by atoms with van der Waals surface area (Å²) in [5.74, 6) is 0.241. The normalized spacial score (nSPS) is 24.5. The van der Waals surface area contributed by atoms with E-state index in [1.165, 1.54) is 24.6 Å². The van der Waals surface area contributed by atoms with Crippen LogP contribution in [0.3, 0.4) is 0 Å². The Bertz CT molecular complexity index is 814. The highest BCUT2D eigenvalue weighted by Gasteiger charge is 2.43. The molecule has 2 aromatic rings. The molecule has 4 heteroatoms. The highest BCUT2D eigenvalue weighted by Crippen LogP contribution is 2.43. The van der Waals surface area contributed by atoms with Crippen molar-refractivity contribution in [3.63, 3.8) is 0 Å². The molecule has 2 unspecified atom stereocenters. The van der Waals surface area contributed by atoms with Crippen molar-refractivity contribution in [3.8, 4) is 0 Å². The molecule has 1 amide bonds. The molecule has 2 fully saturated rings. The van der Waals surface area contributed by atoms with Crippen LogP contribution in [0.25, 0.3) is 0 Å². The van der Waals surface area contributed by atoms with E-state index in [0.29, 0.717) is 17.0 Å². The van der Waals surface area contributed by atoms with E-state index < -0.39 is 0 Å². The molecule has 2 aliphatic heterocycles. The van der Waals surface area contributed by atoms with E-state index in [2.05, 4.69) is 0 Å². The van der Waals surface area contributed by atoms with Gasteiger partial charge in [0.05, 0.1) is 0 Å². The van der Waals surface area contributed by atoms with Crippen molar-refractivity contribution in [1.82, 2.24) is 4.90 Å². The lowest BCUT2D eigenvalue weighted by Crippen LogP contribution is -2.46. The molecule has 0 radical (unpaired) electrons. The fourth-order valence-corrected chi connectivity index (χ4v) is 4.51.